The molecule has 2 aliphatic rings. The van der Waals surface area contributed by atoms with Gasteiger partial charge in [0.05, 0.1) is 6.54 Å². The van der Waals surface area contributed by atoms with Gasteiger partial charge in [-0.3, -0.25) is 14.5 Å². The first-order valence-corrected chi connectivity index (χ1v) is 9.65. The lowest BCUT2D eigenvalue weighted by Gasteiger charge is -2.32. The van der Waals surface area contributed by atoms with Crippen molar-refractivity contribution in [2.24, 2.45) is 0 Å². The highest BCUT2D eigenvalue weighted by Crippen LogP contribution is 2.14. The van der Waals surface area contributed by atoms with Gasteiger partial charge in [-0.1, -0.05) is 18.2 Å². The van der Waals surface area contributed by atoms with E-state index in [0.29, 0.717) is 24.9 Å². The van der Waals surface area contributed by atoms with Crippen LogP contribution in [0, 0.1) is 5.82 Å². The second-order valence-electron chi connectivity index (χ2n) is 7.30. The van der Waals surface area contributed by atoms with E-state index in [1.807, 2.05) is 4.90 Å². The summed E-state index contributed by atoms with van der Waals surface area (Å²) < 4.78 is 13.6. The molecular formula is C20H28FN3O2. The van der Waals surface area contributed by atoms with E-state index in [-0.39, 0.29) is 23.7 Å². The molecule has 142 valence electrons. The van der Waals surface area contributed by atoms with Crippen LogP contribution in [0.5, 0.6) is 0 Å². The third kappa shape index (κ3) is 5.27. The molecule has 2 aliphatic heterocycles. The Morgan fingerprint density at radius 3 is 2.46 bits per heavy atom. The molecular weight excluding hydrogens is 333 g/mol. The lowest BCUT2D eigenvalue weighted by molar-refractivity contribution is -0.132. The minimum atomic E-state index is -0.253. The number of nitrogens with zero attached hydrogens (tertiary/aromatic N) is 2. The van der Waals surface area contributed by atoms with Crippen molar-refractivity contribution >= 4 is 11.8 Å². The van der Waals surface area contributed by atoms with Crippen LogP contribution >= 0.6 is 0 Å². The number of halogens is 1. The lowest BCUT2D eigenvalue weighted by atomic mass is 10.0. The number of benzene rings is 1. The maximum atomic E-state index is 13.6. The van der Waals surface area contributed by atoms with E-state index in [1.165, 1.54) is 6.07 Å². The van der Waals surface area contributed by atoms with Gasteiger partial charge in [0.2, 0.25) is 11.8 Å². The molecule has 1 aromatic rings. The van der Waals surface area contributed by atoms with Crippen LogP contribution in [0.2, 0.25) is 0 Å². The molecule has 5 nitrogen and oxygen atoms in total. The molecule has 2 amide bonds. The summed E-state index contributed by atoms with van der Waals surface area (Å²) in [5.41, 5.74) is 0.581. The molecule has 2 heterocycles. The van der Waals surface area contributed by atoms with E-state index in [4.69, 9.17) is 0 Å². The van der Waals surface area contributed by atoms with Crippen LogP contribution in [0.15, 0.2) is 24.3 Å². The van der Waals surface area contributed by atoms with Crippen LogP contribution in [0.1, 0.15) is 37.7 Å². The number of likely N-dealkylation sites (tertiary alicyclic amines) is 2. The van der Waals surface area contributed by atoms with E-state index < -0.39 is 0 Å². The molecule has 3 rings (SSSR count). The van der Waals surface area contributed by atoms with Gasteiger partial charge in [0, 0.05) is 38.6 Å². The van der Waals surface area contributed by atoms with Crippen LogP contribution in [0.4, 0.5) is 4.39 Å². The van der Waals surface area contributed by atoms with E-state index in [9.17, 15) is 14.0 Å². The standard InChI is InChI=1S/C20H28FN3O2/c21-18-6-2-1-5-16(18)7-8-19(25)22-17-9-13-23(14-10-17)15-20(26)24-11-3-4-12-24/h1-2,5-6,17H,3-4,7-15H2,(H,22,25). The molecule has 6 heteroatoms. The van der Waals surface area contributed by atoms with Gasteiger partial charge in [-0.05, 0) is 43.7 Å². The van der Waals surface area contributed by atoms with E-state index >= 15 is 0 Å². The second-order valence-corrected chi connectivity index (χ2v) is 7.30. The maximum absolute atomic E-state index is 13.6. The average molecular weight is 361 g/mol. The van der Waals surface area contributed by atoms with Crippen molar-refractivity contribution < 1.29 is 14.0 Å². The Hall–Kier alpha value is -1.95. The summed E-state index contributed by atoms with van der Waals surface area (Å²) in [6.45, 7) is 3.95. The Morgan fingerprint density at radius 2 is 1.77 bits per heavy atom. The van der Waals surface area contributed by atoms with Crippen LogP contribution in [-0.2, 0) is 16.0 Å². The van der Waals surface area contributed by atoms with Gasteiger partial charge >= 0.3 is 0 Å². The number of hydrogen-bond acceptors (Lipinski definition) is 3. The number of hydrogen-bond donors (Lipinski definition) is 1. The Balaban J connectivity index is 1.35. The van der Waals surface area contributed by atoms with E-state index in [1.54, 1.807) is 18.2 Å². The normalized spacial score (nSPS) is 18.9. The topological polar surface area (TPSA) is 52.7 Å². The zero-order valence-electron chi connectivity index (χ0n) is 15.3. The molecule has 0 bridgehead atoms. The summed E-state index contributed by atoms with van der Waals surface area (Å²) in [6.07, 6.45) is 4.67. The molecule has 0 aromatic heterocycles. The first kappa shape index (κ1) is 18.8. The SMILES string of the molecule is O=C(CCc1ccccc1F)NC1CCN(CC(=O)N2CCCC2)CC1. The first-order valence-electron chi connectivity index (χ1n) is 9.65. The third-order valence-electron chi connectivity index (χ3n) is 5.35. The van der Waals surface area contributed by atoms with Crippen molar-refractivity contribution in [3.8, 4) is 0 Å². The minimum absolute atomic E-state index is 0.0279. The predicted octanol–water partition coefficient (Wildman–Crippen LogP) is 1.96. The average Bonchev–Trinajstić information content (AvgIpc) is 3.17. The highest BCUT2D eigenvalue weighted by atomic mass is 19.1. The van der Waals surface area contributed by atoms with E-state index in [0.717, 1.165) is 51.9 Å². The summed E-state index contributed by atoms with van der Waals surface area (Å²) >= 11 is 0. The first-order chi connectivity index (χ1) is 12.6. The number of rotatable bonds is 6. The molecule has 1 N–H and O–H groups in total. The number of nitrogens with one attached hydrogen (secondary N) is 1. The largest absolute Gasteiger partial charge is 0.353 e. The van der Waals surface area contributed by atoms with Crippen molar-refractivity contribution in [1.29, 1.82) is 0 Å². The quantitative estimate of drug-likeness (QED) is 0.843. The van der Waals surface area contributed by atoms with Gasteiger partial charge in [0.15, 0.2) is 0 Å². The highest BCUT2D eigenvalue weighted by molar-refractivity contribution is 5.78. The number of carbonyl (C=O) groups excluding carboxylic acids is 2. The smallest absolute Gasteiger partial charge is 0.236 e. The van der Waals surface area contributed by atoms with Crippen LogP contribution in [0.3, 0.4) is 0 Å². The summed E-state index contributed by atoms with van der Waals surface area (Å²) in [5.74, 6) is -0.0500. The highest BCUT2D eigenvalue weighted by Gasteiger charge is 2.25. The van der Waals surface area contributed by atoms with Crippen LogP contribution in [0.25, 0.3) is 0 Å². The maximum Gasteiger partial charge on any atom is 0.236 e. The molecule has 0 saturated carbocycles. The molecule has 26 heavy (non-hydrogen) atoms. The number of piperidine rings is 1. The molecule has 2 fully saturated rings. The minimum Gasteiger partial charge on any atom is -0.353 e. The van der Waals surface area contributed by atoms with E-state index in [2.05, 4.69) is 10.2 Å². The van der Waals surface area contributed by atoms with Crippen molar-refractivity contribution in [2.75, 3.05) is 32.7 Å². The Kier molecular flexibility index (Phi) is 6.61. The van der Waals surface area contributed by atoms with Crippen LogP contribution < -0.4 is 5.32 Å². The summed E-state index contributed by atoms with van der Waals surface area (Å²) in [5, 5.41) is 3.05. The molecule has 0 radical (unpaired) electrons. The monoisotopic (exact) mass is 361 g/mol. The van der Waals surface area contributed by atoms with Gasteiger partial charge in [0.1, 0.15) is 5.82 Å². The van der Waals surface area contributed by atoms with Gasteiger partial charge < -0.3 is 10.2 Å². The summed E-state index contributed by atoms with van der Waals surface area (Å²) in [7, 11) is 0. The van der Waals surface area contributed by atoms with Crippen LogP contribution in [-0.4, -0.2) is 60.4 Å². The zero-order valence-corrected chi connectivity index (χ0v) is 15.3. The molecule has 2 saturated heterocycles. The second kappa shape index (κ2) is 9.12. The van der Waals surface area contributed by atoms with Gasteiger partial charge in [0.25, 0.3) is 0 Å². The fraction of sp³-hybridized carbons (Fsp3) is 0.600. The Bertz CT molecular complexity index is 623. The van der Waals surface area contributed by atoms with Crippen molar-refractivity contribution in [1.82, 2.24) is 15.1 Å². The zero-order chi connectivity index (χ0) is 18.4. The molecule has 0 aliphatic carbocycles. The number of aryl methyl sites for hydroxylation is 1. The number of carbonyl (C=O) groups is 2. The Labute approximate surface area is 154 Å². The van der Waals surface area contributed by atoms with Crippen molar-refractivity contribution in [3.05, 3.63) is 35.6 Å². The number of amides is 2. The van der Waals surface area contributed by atoms with Crippen molar-refractivity contribution in [2.45, 2.75) is 44.6 Å². The molecule has 0 atom stereocenters. The summed E-state index contributed by atoms with van der Waals surface area (Å²) in [4.78, 5) is 28.5. The third-order valence-corrected chi connectivity index (χ3v) is 5.35. The fourth-order valence-electron chi connectivity index (χ4n) is 3.74. The van der Waals surface area contributed by atoms with Gasteiger partial charge in [-0.2, -0.15) is 0 Å². The predicted molar refractivity (Wildman–Crippen MR) is 98.1 cm³/mol. The van der Waals surface area contributed by atoms with Crippen molar-refractivity contribution in [3.63, 3.8) is 0 Å². The Morgan fingerprint density at radius 1 is 1.08 bits per heavy atom. The lowest BCUT2D eigenvalue weighted by Crippen LogP contribution is -2.47. The fourth-order valence-corrected chi connectivity index (χ4v) is 3.74. The molecule has 1 aromatic carbocycles. The summed E-state index contributed by atoms with van der Waals surface area (Å²) in [6, 6.07) is 6.74. The van der Waals surface area contributed by atoms with Gasteiger partial charge in [-0.15, -0.1) is 0 Å². The molecule has 0 unspecified atom stereocenters. The van der Waals surface area contributed by atoms with Gasteiger partial charge in [-0.25, -0.2) is 4.39 Å². The molecule has 0 spiro atoms.